The lowest BCUT2D eigenvalue weighted by Crippen LogP contribution is -1.80. The van der Waals surface area contributed by atoms with Crippen molar-refractivity contribution in [1.82, 2.24) is 0 Å². The van der Waals surface area contributed by atoms with E-state index in [1.54, 1.807) is 0 Å². The fraction of sp³-hybridized carbons (Fsp3) is 0. The smallest absolute Gasteiger partial charge is 0.430 e. The van der Waals surface area contributed by atoms with Gasteiger partial charge in [0.1, 0.15) is 0 Å². The van der Waals surface area contributed by atoms with Crippen molar-refractivity contribution in [3.8, 4) is 22.3 Å². The van der Waals surface area contributed by atoms with Gasteiger partial charge in [-0.3, -0.25) is 0 Å². The van der Waals surface area contributed by atoms with Gasteiger partial charge in [0.25, 0.3) is 0 Å². The van der Waals surface area contributed by atoms with Crippen molar-refractivity contribution in [2.75, 3.05) is 0 Å². The van der Waals surface area contributed by atoms with Crippen LogP contribution in [-0.4, -0.2) is 17.7 Å². The highest BCUT2D eigenvalue weighted by molar-refractivity contribution is 6.13. The van der Waals surface area contributed by atoms with Gasteiger partial charge in [-0.05, 0) is 28.3 Å². The lowest BCUT2D eigenvalue weighted by atomic mass is 9.99. The normalized spacial score (nSPS) is 9.43. The quantitative estimate of drug-likeness (QED) is 0.705. The molecule has 104 valence electrons. The number of benzene rings is 3. The Balaban J connectivity index is 0.000000497. The Labute approximate surface area is 125 Å². The van der Waals surface area contributed by atoms with Crippen LogP contribution < -0.4 is 0 Å². The molecular weight excluding hydrogens is 259 g/mol. The third-order valence-electron chi connectivity index (χ3n) is 3.08. The van der Waals surface area contributed by atoms with E-state index in [-0.39, 0.29) is 0 Å². The molecule has 0 amide bonds. The predicted molar refractivity (Wildman–Crippen MR) is 88.9 cm³/mol. The zero-order valence-electron chi connectivity index (χ0n) is 11.7. The third kappa shape index (κ3) is 4.31. The van der Waals surface area contributed by atoms with E-state index in [9.17, 15) is 0 Å². The first-order chi connectivity index (χ1) is 10.3. The zero-order chi connectivity index (χ0) is 14.9. The molecule has 0 aliphatic heterocycles. The van der Waals surface area contributed by atoms with Gasteiger partial charge >= 0.3 is 7.69 Å². The topological polar surface area (TPSA) is 40.5 Å². The highest BCUT2D eigenvalue weighted by Crippen LogP contribution is 2.25. The molecule has 3 rings (SSSR count). The van der Waals surface area contributed by atoms with Gasteiger partial charge in [0.2, 0.25) is 0 Å². The molecule has 2 N–H and O–H groups in total. The van der Waals surface area contributed by atoms with Crippen molar-refractivity contribution in [3.63, 3.8) is 0 Å². The van der Waals surface area contributed by atoms with E-state index in [1.807, 2.05) is 12.1 Å². The maximum Gasteiger partial charge on any atom is 0.432 e. The summed E-state index contributed by atoms with van der Waals surface area (Å²) in [6.45, 7) is 0. The molecule has 0 fully saturated rings. The Hall–Kier alpha value is -2.36. The molecule has 0 bridgehead atoms. The fourth-order valence-electron chi connectivity index (χ4n) is 2.14. The van der Waals surface area contributed by atoms with Gasteiger partial charge in [-0.25, -0.2) is 0 Å². The molecule has 0 radical (unpaired) electrons. The van der Waals surface area contributed by atoms with Gasteiger partial charge in [0.15, 0.2) is 0 Å². The molecule has 0 saturated carbocycles. The van der Waals surface area contributed by atoms with Gasteiger partial charge in [-0.15, -0.1) is 0 Å². The first-order valence-corrected chi connectivity index (χ1v) is 6.78. The number of rotatable bonds is 2. The number of hydrogen-bond donors (Lipinski definition) is 2. The van der Waals surface area contributed by atoms with Crippen LogP contribution in [0.25, 0.3) is 22.3 Å². The van der Waals surface area contributed by atoms with Crippen LogP contribution in [-0.2, 0) is 0 Å². The first-order valence-electron chi connectivity index (χ1n) is 6.78. The molecule has 0 atom stereocenters. The van der Waals surface area contributed by atoms with E-state index in [4.69, 9.17) is 10.0 Å². The van der Waals surface area contributed by atoms with Crippen LogP contribution in [0.3, 0.4) is 0 Å². The van der Waals surface area contributed by atoms with Crippen molar-refractivity contribution >= 4 is 7.69 Å². The Morgan fingerprint density at radius 2 is 0.810 bits per heavy atom. The Morgan fingerprint density at radius 1 is 0.476 bits per heavy atom. The van der Waals surface area contributed by atoms with Gasteiger partial charge in [-0.2, -0.15) is 0 Å². The van der Waals surface area contributed by atoms with Crippen LogP contribution in [0, 0.1) is 0 Å². The molecule has 3 aromatic carbocycles. The van der Waals surface area contributed by atoms with Crippen molar-refractivity contribution in [1.29, 1.82) is 0 Å². The van der Waals surface area contributed by atoms with E-state index in [1.165, 1.54) is 22.3 Å². The summed E-state index contributed by atoms with van der Waals surface area (Å²) >= 11 is 0. The minimum absolute atomic E-state index is 0.750. The van der Waals surface area contributed by atoms with Gasteiger partial charge < -0.3 is 10.0 Å². The monoisotopic (exact) mass is 276 g/mol. The van der Waals surface area contributed by atoms with Crippen molar-refractivity contribution < 1.29 is 10.0 Å². The molecule has 0 aromatic heterocycles. The maximum absolute atomic E-state index is 7.12. The molecule has 3 heteroatoms. The van der Waals surface area contributed by atoms with Crippen LogP contribution >= 0.6 is 0 Å². The van der Waals surface area contributed by atoms with E-state index in [0.717, 1.165) is 0 Å². The average molecular weight is 276 g/mol. The summed E-state index contributed by atoms with van der Waals surface area (Å²) in [5, 5.41) is 14.2. The minimum atomic E-state index is -0.750. The molecule has 0 heterocycles. The lowest BCUT2D eigenvalue weighted by molar-refractivity contribution is 0.448. The number of hydrogen-bond acceptors (Lipinski definition) is 2. The molecule has 0 aliphatic carbocycles. The van der Waals surface area contributed by atoms with Crippen LogP contribution in [0.1, 0.15) is 0 Å². The zero-order valence-corrected chi connectivity index (χ0v) is 11.7. The third-order valence-corrected chi connectivity index (χ3v) is 3.08. The molecule has 2 nitrogen and oxygen atoms in total. The summed E-state index contributed by atoms with van der Waals surface area (Å²) in [4.78, 5) is 0. The van der Waals surface area contributed by atoms with E-state index in [0.29, 0.717) is 0 Å². The van der Waals surface area contributed by atoms with Crippen molar-refractivity contribution in [2.45, 2.75) is 0 Å². The standard InChI is InChI=1S/C18H14.BH3O2/c1-3-8-15(9-4-1)17-12-7-13-18(14-17)16-10-5-2-6-11-16;2-1-3/h1-14H;1-3H. The Morgan fingerprint density at radius 3 is 1.19 bits per heavy atom. The summed E-state index contributed by atoms with van der Waals surface area (Å²) in [7, 11) is -0.750. The van der Waals surface area contributed by atoms with Crippen LogP contribution in [0.2, 0.25) is 0 Å². The molecule has 21 heavy (non-hydrogen) atoms. The molecule has 0 aliphatic rings. The van der Waals surface area contributed by atoms with Crippen LogP contribution in [0.5, 0.6) is 0 Å². The van der Waals surface area contributed by atoms with Gasteiger partial charge in [0.05, 0.1) is 0 Å². The molecule has 3 aromatic rings. The maximum atomic E-state index is 7.12. The second kappa shape index (κ2) is 8.05. The Kier molecular flexibility index (Phi) is 5.77. The van der Waals surface area contributed by atoms with Crippen molar-refractivity contribution in [2.24, 2.45) is 0 Å². The molecule has 0 spiro atoms. The second-order valence-electron chi connectivity index (χ2n) is 4.45. The summed E-state index contributed by atoms with van der Waals surface area (Å²) < 4.78 is 0. The summed E-state index contributed by atoms with van der Waals surface area (Å²) in [5.74, 6) is 0. The minimum Gasteiger partial charge on any atom is -0.430 e. The summed E-state index contributed by atoms with van der Waals surface area (Å²) in [6.07, 6.45) is 0. The lowest BCUT2D eigenvalue weighted by Gasteiger charge is -2.05. The van der Waals surface area contributed by atoms with E-state index >= 15 is 0 Å². The van der Waals surface area contributed by atoms with E-state index < -0.39 is 7.69 Å². The highest BCUT2D eigenvalue weighted by atomic mass is 16.4. The average Bonchev–Trinajstić information content (AvgIpc) is 2.57. The molecule has 0 saturated heterocycles. The summed E-state index contributed by atoms with van der Waals surface area (Å²) in [5.41, 5.74) is 5.04. The fourth-order valence-corrected chi connectivity index (χ4v) is 2.14. The second-order valence-corrected chi connectivity index (χ2v) is 4.45. The summed E-state index contributed by atoms with van der Waals surface area (Å²) in [6, 6.07) is 29.6. The van der Waals surface area contributed by atoms with E-state index in [2.05, 4.69) is 72.8 Å². The Bertz CT molecular complexity index is 600. The first kappa shape index (κ1) is 15.0. The predicted octanol–water partition coefficient (Wildman–Crippen LogP) is 3.26. The largest absolute Gasteiger partial charge is 0.432 e. The van der Waals surface area contributed by atoms with Crippen LogP contribution in [0.4, 0.5) is 0 Å². The highest BCUT2D eigenvalue weighted by Gasteiger charge is 2.00. The molecular formula is C18H17BO2. The van der Waals surface area contributed by atoms with Crippen LogP contribution in [0.15, 0.2) is 84.9 Å². The van der Waals surface area contributed by atoms with Gasteiger partial charge in [0, 0.05) is 0 Å². The van der Waals surface area contributed by atoms with Gasteiger partial charge in [-0.1, -0.05) is 78.9 Å². The van der Waals surface area contributed by atoms with Crippen molar-refractivity contribution in [3.05, 3.63) is 84.9 Å². The SMILES string of the molecule is OBO.c1ccc(-c2cccc(-c3ccccc3)c2)cc1. The molecule has 0 unspecified atom stereocenters.